The fourth-order valence-electron chi connectivity index (χ4n) is 2.21. The molecule has 1 unspecified atom stereocenters. The van der Waals surface area contributed by atoms with Crippen molar-refractivity contribution in [2.45, 2.75) is 26.4 Å². The first-order valence-corrected chi connectivity index (χ1v) is 7.32. The van der Waals surface area contributed by atoms with Crippen LogP contribution in [0, 0.1) is 17.3 Å². The molecule has 22 heavy (non-hydrogen) atoms. The van der Waals surface area contributed by atoms with Crippen LogP contribution in [0.15, 0.2) is 54.6 Å². The highest BCUT2D eigenvalue weighted by molar-refractivity contribution is 5.43. The number of aliphatic hydroxyl groups is 1. The maximum absolute atomic E-state index is 11.2. The van der Waals surface area contributed by atoms with Crippen molar-refractivity contribution in [3.8, 4) is 17.6 Å². The molecule has 0 aliphatic rings. The zero-order valence-corrected chi connectivity index (χ0v) is 13.6. The number of ether oxygens (including phenoxy) is 1. The molecule has 0 heterocycles. The molecule has 0 saturated heterocycles. The Morgan fingerprint density at radius 3 is 2.00 bits per heavy atom. The molecule has 2 rings (SSSR count). The number of rotatable bonds is 2. The van der Waals surface area contributed by atoms with Gasteiger partial charge in [0.1, 0.15) is 5.75 Å². The second-order valence-electron chi connectivity index (χ2n) is 6.30. The molecule has 0 radical (unpaired) electrons. The molecule has 0 amide bonds. The lowest BCUT2D eigenvalue weighted by atomic mass is 9.72. The fourth-order valence-corrected chi connectivity index (χ4v) is 2.21. The van der Waals surface area contributed by atoms with E-state index in [1.165, 1.54) is 0 Å². The molecule has 1 N–H and O–H groups in total. The highest BCUT2D eigenvalue weighted by atomic mass is 16.5. The topological polar surface area (TPSA) is 29.5 Å². The van der Waals surface area contributed by atoms with E-state index in [0.29, 0.717) is 0 Å². The van der Waals surface area contributed by atoms with Gasteiger partial charge in [0, 0.05) is 11.0 Å². The van der Waals surface area contributed by atoms with Gasteiger partial charge in [0.05, 0.1) is 7.11 Å². The Morgan fingerprint density at radius 2 is 1.50 bits per heavy atom. The summed E-state index contributed by atoms with van der Waals surface area (Å²) in [6.45, 7) is 5.97. The van der Waals surface area contributed by atoms with Crippen molar-refractivity contribution < 1.29 is 9.84 Å². The van der Waals surface area contributed by atoms with Gasteiger partial charge in [-0.1, -0.05) is 62.9 Å². The number of hydrogen-bond acceptors (Lipinski definition) is 2. The van der Waals surface area contributed by atoms with Gasteiger partial charge in [-0.05, 0) is 29.8 Å². The molecule has 1 atom stereocenters. The molecule has 2 heteroatoms. The Kier molecular flexibility index (Phi) is 4.59. The van der Waals surface area contributed by atoms with Crippen molar-refractivity contribution in [1.29, 1.82) is 0 Å². The molecule has 2 aromatic carbocycles. The molecule has 0 bridgehead atoms. The lowest BCUT2D eigenvalue weighted by Gasteiger charge is -2.36. The third kappa shape index (κ3) is 3.32. The van der Waals surface area contributed by atoms with Crippen LogP contribution in [-0.2, 0) is 5.60 Å². The molecular formula is C20H22O2. The van der Waals surface area contributed by atoms with Crippen LogP contribution >= 0.6 is 0 Å². The summed E-state index contributed by atoms with van der Waals surface area (Å²) in [5.74, 6) is 6.95. The van der Waals surface area contributed by atoms with Crippen molar-refractivity contribution in [1.82, 2.24) is 0 Å². The van der Waals surface area contributed by atoms with Gasteiger partial charge in [-0.3, -0.25) is 0 Å². The van der Waals surface area contributed by atoms with Gasteiger partial charge < -0.3 is 9.84 Å². The standard InChI is InChI=1S/C20H22O2/c1-19(2,3)20(21,17-8-6-5-7-9-17)15-14-16-10-12-18(22-4)13-11-16/h5-13,21H,1-4H3. The maximum atomic E-state index is 11.2. The second-order valence-corrected chi connectivity index (χ2v) is 6.30. The van der Waals surface area contributed by atoms with Crippen molar-refractivity contribution >= 4 is 0 Å². The zero-order valence-electron chi connectivity index (χ0n) is 13.6. The smallest absolute Gasteiger partial charge is 0.156 e. The van der Waals surface area contributed by atoms with E-state index < -0.39 is 11.0 Å². The first-order chi connectivity index (χ1) is 10.4. The minimum Gasteiger partial charge on any atom is -0.497 e. The van der Waals surface area contributed by atoms with Crippen molar-refractivity contribution in [3.63, 3.8) is 0 Å². The van der Waals surface area contributed by atoms with Crippen LogP contribution in [0.3, 0.4) is 0 Å². The summed E-state index contributed by atoms with van der Waals surface area (Å²) in [7, 11) is 1.63. The lowest BCUT2D eigenvalue weighted by Crippen LogP contribution is -2.38. The predicted molar refractivity (Wildman–Crippen MR) is 89.7 cm³/mol. The highest BCUT2D eigenvalue weighted by Gasteiger charge is 2.40. The first-order valence-electron chi connectivity index (χ1n) is 7.32. The minimum absolute atomic E-state index is 0.409. The van der Waals surface area contributed by atoms with Gasteiger partial charge in [0.15, 0.2) is 5.60 Å². The molecule has 114 valence electrons. The molecule has 0 spiro atoms. The third-order valence-electron chi connectivity index (χ3n) is 3.75. The van der Waals surface area contributed by atoms with E-state index in [1.54, 1.807) is 7.11 Å². The molecule has 2 aromatic rings. The van der Waals surface area contributed by atoms with Gasteiger partial charge in [0.2, 0.25) is 0 Å². The number of hydrogen-bond donors (Lipinski definition) is 1. The van der Waals surface area contributed by atoms with Crippen LogP contribution in [0.2, 0.25) is 0 Å². The summed E-state index contributed by atoms with van der Waals surface area (Å²) in [6, 6.07) is 17.1. The number of methoxy groups -OCH3 is 1. The molecule has 0 saturated carbocycles. The SMILES string of the molecule is COc1ccc(C#CC(O)(c2ccccc2)C(C)(C)C)cc1. The summed E-state index contributed by atoms with van der Waals surface area (Å²) in [5.41, 5.74) is 0.0325. The van der Waals surface area contributed by atoms with Crippen LogP contribution in [0.5, 0.6) is 5.75 Å². The predicted octanol–water partition coefficient (Wildman–Crippen LogP) is 3.98. The summed E-state index contributed by atoms with van der Waals surface area (Å²) in [5, 5.41) is 11.2. The van der Waals surface area contributed by atoms with Crippen molar-refractivity contribution in [2.24, 2.45) is 5.41 Å². The van der Waals surface area contributed by atoms with Gasteiger partial charge in [-0.25, -0.2) is 0 Å². The molecule has 0 aliphatic heterocycles. The maximum Gasteiger partial charge on any atom is 0.156 e. The van der Waals surface area contributed by atoms with Crippen LogP contribution in [-0.4, -0.2) is 12.2 Å². The molecular weight excluding hydrogens is 272 g/mol. The second kappa shape index (κ2) is 6.25. The van der Waals surface area contributed by atoms with Crippen molar-refractivity contribution in [2.75, 3.05) is 7.11 Å². The fraction of sp³-hybridized carbons (Fsp3) is 0.300. The van der Waals surface area contributed by atoms with E-state index in [9.17, 15) is 5.11 Å². The van der Waals surface area contributed by atoms with E-state index in [2.05, 4.69) is 11.8 Å². The quantitative estimate of drug-likeness (QED) is 0.849. The molecule has 0 aromatic heterocycles. The van der Waals surface area contributed by atoms with Gasteiger partial charge in [-0.2, -0.15) is 0 Å². The average molecular weight is 294 g/mol. The summed E-state index contributed by atoms with van der Waals surface area (Å²) < 4.78 is 5.14. The van der Waals surface area contributed by atoms with Gasteiger partial charge in [-0.15, -0.1) is 0 Å². The first kappa shape index (κ1) is 16.1. The van der Waals surface area contributed by atoms with Crippen LogP contribution in [0.4, 0.5) is 0 Å². The summed E-state index contributed by atoms with van der Waals surface area (Å²) >= 11 is 0. The van der Waals surface area contributed by atoms with Gasteiger partial charge in [0.25, 0.3) is 0 Å². The van der Waals surface area contributed by atoms with E-state index in [0.717, 1.165) is 16.9 Å². The monoisotopic (exact) mass is 294 g/mol. The molecule has 2 nitrogen and oxygen atoms in total. The Morgan fingerprint density at radius 1 is 0.909 bits per heavy atom. The summed E-state index contributed by atoms with van der Waals surface area (Å²) in [6.07, 6.45) is 0. The Hall–Kier alpha value is -2.24. The Balaban J connectivity index is 2.42. The van der Waals surface area contributed by atoms with E-state index in [-0.39, 0.29) is 0 Å². The minimum atomic E-state index is -1.21. The zero-order chi connectivity index (χ0) is 16.2. The van der Waals surface area contributed by atoms with E-state index in [1.807, 2.05) is 75.4 Å². The third-order valence-corrected chi connectivity index (χ3v) is 3.75. The van der Waals surface area contributed by atoms with E-state index >= 15 is 0 Å². The molecule has 0 fully saturated rings. The van der Waals surface area contributed by atoms with E-state index in [4.69, 9.17) is 4.74 Å². The average Bonchev–Trinajstić information content (AvgIpc) is 2.53. The Bertz CT molecular complexity index is 670. The van der Waals surface area contributed by atoms with Crippen LogP contribution in [0.1, 0.15) is 31.9 Å². The number of benzene rings is 2. The normalized spacial score (nSPS) is 13.7. The van der Waals surface area contributed by atoms with Crippen LogP contribution in [0.25, 0.3) is 0 Å². The van der Waals surface area contributed by atoms with Crippen LogP contribution < -0.4 is 4.74 Å². The van der Waals surface area contributed by atoms with Crippen molar-refractivity contribution in [3.05, 3.63) is 65.7 Å². The lowest BCUT2D eigenvalue weighted by molar-refractivity contribution is -0.00900. The summed E-state index contributed by atoms with van der Waals surface area (Å²) in [4.78, 5) is 0. The molecule has 0 aliphatic carbocycles. The highest BCUT2D eigenvalue weighted by Crippen LogP contribution is 2.38. The largest absolute Gasteiger partial charge is 0.497 e. The Labute approximate surface area is 132 Å². The van der Waals surface area contributed by atoms with Gasteiger partial charge >= 0.3 is 0 Å².